The Kier molecular flexibility index (Phi) is 4.32. The van der Waals surface area contributed by atoms with Crippen molar-refractivity contribution in [2.24, 2.45) is 5.41 Å². The lowest BCUT2D eigenvalue weighted by atomic mass is 9.78. The van der Waals surface area contributed by atoms with Crippen molar-refractivity contribution in [3.63, 3.8) is 0 Å². The van der Waals surface area contributed by atoms with E-state index in [-0.39, 0.29) is 30.0 Å². The van der Waals surface area contributed by atoms with Gasteiger partial charge in [-0.1, -0.05) is 0 Å². The summed E-state index contributed by atoms with van der Waals surface area (Å²) < 4.78 is 40.7. The molecule has 1 aromatic carbocycles. The summed E-state index contributed by atoms with van der Waals surface area (Å²) in [5.74, 6) is -2.24. The summed E-state index contributed by atoms with van der Waals surface area (Å²) in [5.41, 5.74) is -0.504. The number of piperidine rings is 1. The van der Waals surface area contributed by atoms with Crippen molar-refractivity contribution < 1.29 is 27.5 Å². The molecule has 0 saturated carbocycles. The molecule has 1 aromatic rings. The number of amides is 1. The predicted octanol–water partition coefficient (Wildman–Crippen LogP) is 1.16. The zero-order chi connectivity index (χ0) is 18.4. The third kappa shape index (κ3) is 3.13. The summed E-state index contributed by atoms with van der Waals surface area (Å²) in [6, 6.07) is 2.73. The number of nitrogens with zero attached hydrogens (tertiary/aromatic N) is 2. The normalized spacial score (nSPS) is 21.0. The second-order valence-electron chi connectivity index (χ2n) is 6.78. The van der Waals surface area contributed by atoms with E-state index >= 15 is 0 Å². The van der Waals surface area contributed by atoms with E-state index in [0.717, 1.165) is 18.2 Å². The number of likely N-dealkylation sites (tertiary alicyclic amines) is 1. The molecule has 0 aliphatic carbocycles. The molecular weight excluding hydrogens is 351 g/mol. The number of hydrogen-bond acceptors (Lipinski definition) is 4. The summed E-state index contributed by atoms with van der Waals surface area (Å²) >= 11 is 0. The van der Waals surface area contributed by atoms with Crippen LogP contribution in [0.2, 0.25) is 0 Å². The SMILES string of the molecule is CN1CC2(CCN(S(=O)(=O)c3cc(C(=O)O)ccc3F)CC2)CC1=O. The predicted molar refractivity (Wildman–Crippen MR) is 86.0 cm³/mol. The molecule has 0 unspecified atom stereocenters. The first kappa shape index (κ1) is 17.8. The highest BCUT2D eigenvalue weighted by atomic mass is 32.2. The van der Waals surface area contributed by atoms with Crippen molar-refractivity contribution >= 4 is 21.9 Å². The number of rotatable bonds is 3. The van der Waals surface area contributed by atoms with Crippen LogP contribution in [0.3, 0.4) is 0 Å². The molecule has 2 aliphatic rings. The Labute approximate surface area is 145 Å². The van der Waals surface area contributed by atoms with Crippen LogP contribution in [0.5, 0.6) is 0 Å². The molecule has 3 rings (SSSR count). The monoisotopic (exact) mass is 370 g/mol. The highest BCUT2D eigenvalue weighted by molar-refractivity contribution is 7.89. The van der Waals surface area contributed by atoms with Crippen molar-refractivity contribution in [3.05, 3.63) is 29.6 Å². The van der Waals surface area contributed by atoms with Gasteiger partial charge in [-0.2, -0.15) is 4.31 Å². The third-order valence-electron chi connectivity index (χ3n) is 5.10. The van der Waals surface area contributed by atoms with Crippen molar-refractivity contribution in [2.75, 3.05) is 26.7 Å². The molecule has 9 heteroatoms. The lowest BCUT2D eigenvalue weighted by molar-refractivity contribution is -0.126. The third-order valence-corrected chi connectivity index (χ3v) is 7.02. The van der Waals surface area contributed by atoms with E-state index in [9.17, 15) is 22.4 Å². The van der Waals surface area contributed by atoms with Crippen LogP contribution in [0.15, 0.2) is 23.1 Å². The van der Waals surface area contributed by atoms with Gasteiger partial charge in [0.15, 0.2) is 0 Å². The average molecular weight is 370 g/mol. The number of carboxylic acid groups (broad SMARTS) is 1. The summed E-state index contributed by atoms with van der Waals surface area (Å²) in [4.78, 5) is 23.8. The van der Waals surface area contributed by atoms with Crippen LogP contribution in [0.1, 0.15) is 29.6 Å². The van der Waals surface area contributed by atoms with Crippen molar-refractivity contribution in [1.29, 1.82) is 0 Å². The van der Waals surface area contributed by atoms with Gasteiger partial charge in [-0.25, -0.2) is 17.6 Å². The van der Waals surface area contributed by atoms with Gasteiger partial charge in [-0.15, -0.1) is 0 Å². The van der Waals surface area contributed by atoms with Crippen molar-refractivity contribution in [2.45, 2.75) is 24.2 Å². The Morgan fingerprint density at radius 1 is 1.28 bits per heavy atom. The molecule has 1 N–H and O–H groups in total. The van der Waals surface area contributed by atoms with Gasteiger partial charge in [0.2, 0.25) is 15.9 Å². The summed E-state index contributed by atoms with van der Waals surface area (Å²) in [6.45, 7) is 0.961. The molecule has 2 fully saturated rings. The van der Waals surface area contributed by atoms with Gasteiger partial charge in [0, 0.05) is 33.1 Å². The lowest BCUT2D eigenvalue weighted by Crippen LogP contribution is -2.44. The summed E-state index contributed by atoms with van der Waals surface area (Å²) in [7, 11) is -2.40. The molecule has 7 nitrogen and oxygen atoms in total. The van der Waals surface area contributed by atoms with E-state index in [1.807, 2.05) is 0 Å². The van der Waals surface area contributed by atoms with Crippen LogP contribution in [-0.2, 0) is 14.8 Å². The number of halogens is 1. The quantitative estimate of drug-likeness (QED) is 0.861. The molecule has 136 valence electrons. The second-order valence-corrected chi connectivity index (χ2v) is 8.69. The molecule has 0 atom stereocenters. The van der Waals surface area contributed by atoms with Crippen LogP contribution in [0, 0.1) is 11.2 Å². The molecule has 2 aliphatic heterocycles. The van der Waals surface area contributed by atoms with Gasteiger partial charge >= 0.3 is 5.97 Å². The van der Waals surface area contributed by atoms with E-state index in [0.29, 0.717) is 25.8 Å². The van der Waals surface area contributed by atoms with Gasteiger partial charge in [0.25, 0.3) is 0 Å². The fourth-order valence-corrected chi connectivity index (χ4v) is 5.14. The largest absolute Gasteiger partial charge is 0.478 e. The van der Waals surface area contributed by atoms with E-state index in [1.54, 1.807) is 11.9 Å². The molecule has 0 radical (unpaired) electrons. The van der Waals surface area contributed by atoms with Gasteiger partial charge in [-0.3, -0.25) is 4.79 Å². The molecule has 2 saturated heterocycles. The second kappa shape index (κ2) is 6.06. The minimum atomic E-state index is -4.13. The maximum atomic E-state index is 14.0. The Bertz CT molecular complexity index is 831. The van der Waals surface area contributed by atoms with Crippen LogP contribution in [0.4, 0.5) is 4.39 Å². The molecule has 25 heavy (non-hydrogen) atoms. The minimum absolute atomic E-state index is 0.0523. The standard InChI is InChI=1S/C16H19FN2O5S/c1-18-10-16(9-14(18)20)4-6-19(7-5-16)25(23,24)13-8-11(15(21)22)2-3-12(13)17/h2-3,8H,4-7,9-10H2,1H3,(H,21,22). The maximum absolute atomic E-state index is 14.0. The van der Waals surface area contributed by atoms with Crippen LogP contribution in [0.25, 0.3) is 0 Å². The molecular formula is C16H19FN2O5S. The zero-order valence-electron chi connectivity index (χ0n) is 13.7. The summed E-state index contributed by atoms with van der Waals surface area (Å²) in [6.07, 6.45) is 1.44. The molecule has 0 bridgehead atoms. The molecule has 2 heterocycles. The number of carboxylic acids is 1. The smallest absolute Gasteiger partial charge is 0.335 e. The number of aromatic carboxylic acids is 1. The van der Waals surface area contributed by atoms with E-state index in [4.69, 9.17) is 5.11 Å². The number of sulfonamides is 1. The van der Waals surface area contributed by atoms with Crippen LogP contribution < -0.4 is 0 Å². The Balaban J connectivity index is 1.82. The topological polar surface area (TPSA) is 95.0 Å². The molecule has 1 amide bonds. The number of benzene rings is 1. The highest BCUT2D eigenvalue weighted by Gasteiger charge is 2.45. The summed E-state index contributed by atoms with van der Waals surface area (Å²) in [5, 5.41) is 9.00. The van der Waals surface area contributed by atoms with Gasteiger partial charge < -0.3 is 10.0 Å². The first-order chi connectivity index (χ1) is 11.6. The van der Waals surface area contributed by atoms with Crippen LogP contribution in [-0.4, -0.2) is 61.3 Å². The number of hydrogen-bond donors (Lipinski definition) is 1. The van der Waals surface area contributed by atoms with Gasteiger partial charge in [0.05, 0.1) is 5.56 Å². The first-order valence-corrected chi connectivity index (χ1v) is 9.36. The van der Waals surface area contributed by atoms with E-state index in [1.165, 1.54) is 4.31 Å². The van der Waals surface area contributed by atoms with E-state index < -0.39 is 26.7 Å². The maximum Gasteiger partial charge on any atom is 0.335 e. The van der Waals surface area contributed by atoms with Crippen molar-refractivity contribution in [1.82, 2.24) is 9.21 Å². The Morgan fingerprint density at radius 2 is 1.92 bits per heavy atom. The van der Waals surface area contributed by atoms with Crippen molar-refractivity contribution in [3.8, 4) is 0 Å². The highest BCUT2D eigenvalue weighted by Crippen LogP contribution is 2.41. The lowest BCUT2D eigenvalue weighted by Gasteiger charge is -2.37. The first-order valence-electron chi connectivity index (χ1n) is 7.92. The molecule has 0 aromatic heterocycles. The number of carbonyl (C=O) groups excluding carboxylic acids is 1. The van der Waals surface area contributed by atoms with Gasteiger partial charge in [0.1, 0.15) is 10.7 Å². The fraction of sp³-hybridized carbons (Fsp3) is 0.500. The Morgan fingerprint density at radius 3 is 2.44 bits per heavy atom. The molecule has 1 spiro atoms. The Hall–Kier alpha value is -2.00. The zero-order valence-corrected chi connectivity index (χ0v) is 14.6. The van der Waals surface area contributed by atoms with Gasteiger partial charge in [-0.05, 0) is 36.5 Å². The number of carbonyl (C=O) groups is 2. The van der Waals surface area contributed by atoms with E-state index in [2.05, 4.69) is 0 Å². The fourth-order valence-electron chi connectivity index (χ4n) is 3.61. The average Bonchev–Trinajstić information content (AvgIpc) is 2.81. The van der Waals surface area contributed by atoms with Crippen LogP contribution >= 0.6 is 0 Å². The minimum Gasteiger partial charge on any atom is -0.478 e.